The van der Waals surface area contributed by atoms with Gasteiger partial charge in [-0.2, -0.15) is 0 Å². The quantitative estimate of drug-likeness (QED) is 0.650. The minimum Gasteiger partial charge on any atom is -0.497 e. The summed E-state index contributed by atoms with van der Waals surface area (Å²) in [5.74, 6) is 1.20. The van der Waals surface area contributed by atoms with Crippen LogP contribution in [0.5, 0.6) is 11.5 Å². The molecule has 1 N–H and O–H groups in total. The van der Waals surface area contributed by atoms with Gasteiger partial charge in [-0.15, -0.1) is 0 Å². The maximum Gasteiger partial charge on any atom is 0.331 e. The van der Waals surface area contributed by atoms with E-state index < -0.39 is 0 Å². The molecule has 27 heavy (non-hydrogen) atoms. The largest absolute Gasteiger partial charge is 0.497 e. The normalized spacial score (nSPS) is 12.0. The molecule has 0 saturated heterocycles. The molecule has 3 aromatic rings. The van der Waals surface area contributed by atoms with Gasteiger partial charge in [-0.1, -0.05) is 36.0 Å². The molecule has 0 aliphatic carbocycles. The fraction of sp³-hybridized carbons (Fsp3) is 0.0952. The van der Waals surface area contributed by atoms with Crippen LogP contribution in [0.1, 0.15) is 0 Å². The van der Waals surface area contributed by atoms with Crippen LogP contribution in [0.25, 0.3) is 0 Å². The van der Waals surface area contributed by atoms with Crippen LogP contribution < -0.4 is 19.7 Å². The van der Waals surface area contributed by atoms with Crippen molar-refractivity contribution in [1.29, 1.82) is 0 Å². The molecule has 0 saturated carbocycles. The molecule has 1 heterocycles. The second-order valence-electron chi connectivity index (χ2n) is 5.87. The fourth-order valence-electron chi connectivity index (χ4n) is 3.00. The monoisotopic (exact) mass is 378 g/mol. The first-order valence-electron chi connectivity index (χ1n) is 8.40. The molecule has 2 amide bonds. The number of methoxy groups -OCH3 is 2. The van der Waals surface area contributed by atoms with Gasteiger partial charge in [0, 0.05) is 15.9 Å². The maximum atomic E-state index is 13.2. The molecular weight excluding hydrogens is 360 g/mol. The van der Waals surface area contributed by atoms with Crippen LogP contribution in [0.3, 0.4) is 0 Å². The van der Waals surface area contributed by atoms with Crippen molar-refractivity contribution >= 4 is 34.9 Å². The summed E-state index contributed by atoms with van der Waals surface area (Å²) < 4.78 is 10.6. The van der Waals surface area contributed by atoms with Crippen LogP contribution in [-0.4, -0.2) is 20.3 Å². The van der Waals surface area contributed by atoms with Gasteiger partial charge in [0.15, 0.2) is 0 Å². The molecule has 0 atom stereocenters. The van der Waals surface area contributed by atoms with E-state index in [4.69, 9.17) is 9.47 Å². The number of anilines is 3. The second-order valence-corrected chi connectivity index (χ2v) is 6.95. The van der Waals surface area contributed by atoms with Gasteiger partial charge in [-0.25, -0.2) is 4.79 Å². The number of hydrogen-bond donors (Lipinski definition) is 1. The van der Waals surface area contributed by atoms with E-state index in [0.29, 0.717) is 17.2 Å². The van der Waals surface area contributed by atoms with E-state index in [1.54, 1.807) is 49.1 Å². The molecule has 1 aliphatic rings. The minimum atomic E-state index is -0.251. The number of benzene rings is 3. The Morgan fingerprint density at radius 2 is 1.52 bits per heavy atom. The summed E-state index contributed by atoms with van der Waals surface area (Å²) in [6, 6.07) is 20.8. The van der Waals surface area contributed by atoms with Crippen LogP contribution in [0.15, 0.2) is 76.5 Å². The average Bonchev–Trinajstić information content (AvgIpc) is 2.72. The molecule has 5 nitrogen and oxygen atoms in total. The third-order valence-corrected chi connectivity index (χ3v) is 5.42. The average molecular weight is 378 g/mol. The van der Waals surface area contributed by atoms with Crippen molar-refractivity contribution in [2.45, 2.75) is 9.79 Å². The Morgan fingerprint density at radius 3 is 2.11 bits per heavy atom. The molecule has 0 radical (unpaired) electrons. The number of carbonyl (C=O) groups excluding carboxylic acids is 1. The van der Waals surface area contributed by atoms with Gasteiger partial charge in [-0.05, 0) is 36.4 Å². The van der Waals surface area contributed by atoms with Crippen molar-refractivity contribution in [3.8, 4) is 11.5 Å². The molecule has 0 unspecified atom stereocenters. The highest BCUT2D eigenvalue weighted by atomic mass is 32.2. The van der Waals surface area contributed by atoms with Gasteiger partial charge < -0.3 is 14.8 Å². The Bertz CT molecular complexity index is 961. The molecule has 0 fully saturated rings. The molecule has 1 aliphatic heterocycles. The van der Waals surface area contributed by atoms with Gasteiger partial charge in [0.2, 0.25) is 0 Å². The highest BCUT2D eigenvalue weighted by Gasteiger charge is 2.28. The minimum absolute atomic E-state index is 0.251. The number of para-hydroxylation sites is 2. The molecule has 136 valence electrons. The highest BCUT2D eigenvalue weighted by molar-refractivity contribution is 7.99. The first-order valence-corrected chi connectivity index (χ1v) is 9.22. The number of nitrogens with one attached hydrogen (secondary N) is 1. The molecule has 0 aromatic heterocycles. The van der Waals surface area contributed by atoms with Crippen molar-refractivity contribution in [2.75, 3.05) is 24.4 Å². The number of fused-ring (bicyclic) bond motifs is 2. The van der Waals surface area contributed by atoms with Gasteiger partial charge in [0.25, 0.3) is 0 Å². The predicted molar refractivity (Wildman–Crippen MR) is 108 cm³/mol. The van der Waals surface area contributed by atoms with Gasteiger partial charge >= 0.3 is 6.03 Å². The summed E-state index contributed by atoms with van der Waals surface area (Å²) >= 11 is 1.66. The van der Waals surface area contributed by atoms with Gasteiger partial charge in [0.05, 0.1) is 31.3 Å². The van der Waals surface area contributed by atoms with Crippen molar-refractivity contribution in [3.63, 3.8) is 0 Å². The predicted octanol–water partition coefficient (Wildman–Crippen LogP) is 5.54. The van der Waals surface area contributed by atoms with Crippen LogP contribution in [0.4, 0.5) is 21.9 Å². The van der Waals surface area contributed by atoms with E-state index in [0.717, 1.165) is 21.2 Å². The number of amides is 2. The van der Waals surface area contributed by atoms with E-state index in [1.165, 1.54) is 0 Å². The van der Waals surface area contributed by atoms with Crippen LogP contribution in [0, 0.1) is 0 Å². The highest BCUT2D eigenvalue weighted by Crippen LogP contribution is 2.48. The first kappa shape index (κ1) is 17.3. The molecule has 3 aromatic carbocycles. The maximum absolute atomic E-state index is 13.2. The Kier molecular flexibility index (Phi) is 4.64. The fourth-order valence-corrected chi connectivity index (χ4v) is 4.05. The van der Waals surface area contributed by atoms with Gasteiger partial charge in [0.1, 0.15) is 11.5 Å². The lowest BCUT2D eigenvalue weighted by atomic mass is 10.2. The van der Waals surface area contributed by atoms with E-state index in [1.807, 2.05) is 48.5 Å². The topological polar surface area (TPSA) is 50.8 Å². The third kappa shape index (κ3) is 3.19. The summed E-state index contributed by atoms with van der Waals surface area (Å²) in [5, 5.41) is 2.96. The van der Waals surface area contributed by atoms with Gasteiger partial charge in [-0.3, -0.25) is 4.90 Å². The van der Waals surface area contributed by atoms with Crippen LogP contribution >= 0.6 is 11.8 Å². The molecule has 6 heteroatoms. The van der Waals surface area contributed by atoms with Crippen LogP contribution in [0.2, 0.25) is 0 Å². The van der Waals surface area contributed by atoms with E-state index in [9.17, 15) is 4.79 Å². The zero-order valence-corrected chi connectivity index (χ0v) is 15.7. The van der Waals surface area contributed by atoms with Crippen molar-refractivity contribution in [3.05, 3.63) is 66.7 Å². The molecule has 0 spiro atoms. The number of urea groups is 1. The summed E-state index contributed by atoms with van der Waals surface area (Å²) in [7, 11) is 3.15. The number of nitrogens with zero attached hydrogens (tertiary/aromatic N) is 1. The van der Waals surface area contributed by atoms with E-state index in [-0.39, 0.29) is 6.03 Å². The molecular formula is C21H18N2O3S. The second kappa shape index (κ2) is 7.25. The lowest BCUT2D eigenvalue weighted by Crippen LogP contribution is -2.32. The number of hydrogen-bond acceptors (Lipinski definition) is 4. The Labute approximate surface area is 161 Å². The smallest absolute Gasteiger partial charge is 0.331 e. The zero-order chi connectivity index (χ0) is 18.8. The number of ether oxygens (including phenoxy) is 2. The van der Waals surface area contributed by atoms with Crippen molar-refractivity contribution in [1.82, 2.24) is 0 Å². The van der Waals surface area contributed by atoms with Crippen molar-refractivity contribution in [2.24, 2.45) is 0 Å². The summed E-state index contributed by atoms with van der Waals surface area (Å²) in [5.41, 5.74) is 2.29. The Morgan fingerprint density at radius 1 is 0.889 bits per heavy atom. The molecule has 0 bridgehead atoms. The zero-order valence-electron chi connectivity index (χ0n) is 14.9. The Hall–Kier alpha value is -3.12. The summed E-state index contributed by atoms with van der Waals surface area (Å²) in [6.07, 6.45) is 0. The SMILES string of the molecule is COc1ccc(NC(=O)N2c3ccccc3Sc3ccccc32)c(OC)c1. The van der Waals surface area contributed by atoms with Crippen molar-refractivity contribution < 1.29 is 14.3 Å². The standard InChI is InChI=1S/C21H18N2O3S/c1-25-14-11-12-15(18(13-14)26-2)22-21(24)23-16-7-3-5-9-19(16)27-20-10-6-4-8-17(20)23/h3-13H,1-2H3,(H,22,24). The Balaban J connectivity index is 1.72. The number of rotatable bonds is 3. The van der Waals surface area contributed by atoms with E-state index >= 15 is 0 Å². The third-order valence-electron chi connectivity index (χ3n) is 4.29. The lowest BCUT2D eigenvalue weighted by molar-refractivity contribution is 0.258. The van der Waals surface area contributed by atoms with Crippen LogP contribution in [-0.2, 0) is 0 Å². The summed E-state index contributed by atoms with van der Waals surface area (Å²) in [6.45, 7) is 0. The van der Waals surface area contributed by atoms with E-state index in [2.05, 4.69) is 5.32 Å². The summed E-state index contributed by atoms with van der Waals surface area (Å²) in [4.78, 5) is 17.0. The number of carbonyl (C=O) groups is 1. The lowest BCUT2D eigenvalue weighted by Gasteiger charge is -2.31. The molecule has 4 rings (SSSR count). The first-order chi connectivity index (χ1) is 13.2.